The van der Waals surface area contributed by atoms with Gasteiger partial charge in [-0.1, -0.05) is 0 Å². The first-order valence-corrected chi connectivity index (χ1v) is 18.9. The fraction of sp³-hybridized carbons (Fsp3) is 0.345. The van der Waals surface area contributed by atoms with Crippen molar-refractivity contribution in [3.63, 3.8) is 0 Å². The van der Waals surface area contributed by atoms with Gasteiger partial charge in [-0.3, -0.25) is 23.7 Å². The van der Waals surface area contributed by atoms with Crippen LogP contribution in [0.5, 0.6) is 0 Å². The number of rotatable bonds is 12. The zero-order valence-electron chi connectivity index (χ0n) is 36.3. The summed E-state index contributed by atoms with van der Waals surface area (Å²) >= 11 is 0. The van der Waals surface area contributed by atoms with Crippen molar-refractivity contribution in [2.45, 2.75) is 19.3 Å². The van der Waals surface area contributed by atoms with Crippen LogP contribution in [0.15, 0.2) is 0 Å². The fourth-order valence-electron chi connectivity index (χ4n) is 4.91. The summed E-state index contributed by atoms with van der Waals surface area (Å²) in [6, 6.07) is 6.48. The molecule has 0 bridgehead atoms. The van der Waals surface area contributed by atoms with Crippen LogP contribution < -0.4 is 0 Å². The smallest absolute Gasteiger partial charge is 0.151 e. The van der Waals surface area contributed by atoms with Crippen molar-refractivity contribution in [3.8, 4) is 214 Å². The lowest BCUT2D eigenvalue weighted by atomic mass is 10.3. The number of hydrogen-bond donors (Lipinski definition) is 0. The lowest BCUT2D eigenvalue weighted by Crippen LogP contribution is -2.56. The van der Waals surface area contributed by atoms with Gasteiger partial charge in [-0.2, -0.15) is 0 Å². The van der Waals surface area contributed by atoms with Gasteiger partial charge in [-0.05, 0) is 94.7 Å². The minimum absolute atomic E-state index is 0.540. The van der Waals surface area contributed by atoms with Crippen molar-refractivity contribution in [1.82, 2.24) is 14.7 Å². The third kappa shape index (κ3) is 32.6. The maximum absolute atomic E-state index is 5.00. The summed E-state index contributed by atoms with van der Waals surface area (Å²) in [4.78, 5) is 7.65. The summed E-state index contributed by atoms with van der Waals surface area (Å²) in [5.74, 6) is 82.3. The maximum atomic E-state index is 5.00. The average molecular weight is 792 g/mol. The minimum atomic E-state index is 0.540. The van der Waals surface area contributed by atoms with Gasteiger partial charge in [0.25, 0.3) is 0 Å². The van der Waals surface area contributed by atoms with Gasteiger partial charge in [0.1, 0.15) is 0 Å². The second-order valence-electron chi connectivity index (χ2n) is 14.8. The Morgan fingerprint density at radius 2 is 0.525 bits per heavy atom. The van der Waals surface area contributed by atoms with Crippen LogP contribution in [0.2, 0.25) is 0 Å². The van der Waals surface area contributed by atoms with Gasteiger partial charge in [-0.25, -0.2) is 0 Å². The third-order valence-corrected chi connectivity index (χ3v) is 7.50. The Bertz CT molecular complexity index is 2550. The van der Waals surface area contributed by atoms with E-state index in [1.54, 1.807) is 0 Å². The number of hydrogen-bond acceptors (Lipinski definition) is 3. The van der Waals surface area contributed by atoms with Crippen molar-refractivity contribution in [1.29, 1.82) is 0 Å². The average Bonchev–Trinajstić information content (AvgIpc) is 3.20. The van der Waals surface area contributed by atoms with E-state index in [1.165, 1.54) is 0 Å². The molecule has 6 nitrogen and oxygen atoms in total. The van der Waals surface area contributed by atoms with E-state index in [2.05, 4.69) is 266 Å². The van der Waals surface area contributed by atoms with Gasteiger partial charge in [0.2, 0.25) is 0 Å². The highest BCUT2D eigenvalue weighted by molar-refractivity contribution is 5.47. The number of nitrogens with zero attached hydrogens (tertiary/aromatic N) is 6. The standard InChI is InChI=1S/C55H47N6/c1-10-12-14-16-18-20-22-24-26-28-30-32-34-36-38-40-49-60(6,7)51-43-46-57-53-56(45-42-48-59(3,4)5)54-58(55-57)47-44-52-61(8,9)50-41-39-37-35-33-31-29-27-25-23-21-19-17-15-13-11-2/h1-2H,42-48,51-55H2,3-9H3/q+3. The van der Waals surface area contributed by atoms with Gasteiger partial charge in [0.15, 0.2) is 12.1 Å². The molecule has 0 unspecified atom stereocenters. The molecule has 0 saturated carbocycles. The van der Waals surface area contributed by atoms with E-state index in [4.69, 9.17) is 12.8 Å². The second kappa shape index (κ2) is 31.9. The van der Waals surface area contributed by atoms with E-state index < -0.39 is 0 Å². The molecule has 1 rings (SSSR count). The molecule has 1 aliphatic heterocycles. The van der Waals surface area contributed by atoms with Crippen LogP contribution in [0.3, 0.4) is 0 Å². The van der Waals surface area contributed by atoms with Crippen molar-refractivity contribution in [3.05, 3.63) is 0 Å². The van der Waals surface area contributed by atoms with Crippen LogP contribution in [0.4, 0.5) is 0 Å². The molecule has 0 radical (unpaired) electrons. The molecule has 6 heteroatoms. The van der Waals surface area contributed by atoms with E-state index in [-0.39, 0.29) is 0 Å². The number of terminal acetylenes is 2. The first-order valence-electron chi connectivity index (χ1n) is 18.9. The van der Waals surface area contributed by atoms with E-state index >= 15 is 0 Å². The molecular weight excluding hydrogens is 745 g/mol. The highest BCUT2D eigenvalue weighted by Crippen LogP contribution is 2.12. The summed E-state index contributed by atoms with van der Waals surface area (Å²) in [6.07, 6.45) is 13.2. The molecule has 1 heterocycles. The Morgan fingerprint density at radius 1 is 0.311 bits per heavy atom. The van der Waals surface area contributed by atoms with Crippen LogP contribution in [-0.4, -0.2) is 137 Å². The van der Waals surface area contributed by atoms with Gasteiger partial charge >= 0.3 is 0 Å². The molecule has 0 amide bonds. The van der Waals surface area contributed by atoms with Crippen LogP contribution in [0, 0.1) is 214 Å². The summed E-state index contributed by atoms with van der Waals surface area (Å²) < 4.78 is 2.04. The Hall–Kier alpha value is -8.16. The molecular formula is C55H47N6+3. The highest BCUT2D eigenvalue weighted by atomic mass is 15.5. The molecule has 0 spiro atoms. The van der Waals surface area contributed by atoms with Gasteiger partial charge in [0, 0.05) is 122 Å². The minimum Gasteiger partial charge on any atom is -0.331 e. The molecule has 1 fully saturated rings. The largest absolute Gasteiger partial charge is 0.331 e. The van der Waals surface area contributed by atoms with Crippen LogP contribution in [0.1, 0.15) is 19.3 Å². The van der Waals surface area contributed by atoms with Gasteiger partial charge in [0.05, 0.1) is 101 Å². The molecule has 0 aliphatic carbocycles. The molecule has 0 aromatic carbocycles. The quantitative estimate of drug-likeness (QED) is 0.217. The van der Waals surface area contributed by atoms with Crippen LogP contribution in [-0.2, 0) is 0 Å². The monoisotopic (exact) mass is 791 g/mol. The molecule has 0 atom stereocenters. The van der Waals surface area contributed by atoms with Crippen LogP contribution in [0.25, 0.3) is 0 Å². The molecule has 0 aromatic heterocycles. The van der Waals surface area contributed by atoms with Crippen molar-refractivity contribution >= 4 is 0 Å². The van der Waals surface area contributed by atoms with Crippen molar-refractivity contribution < 1.29 is 13.4 Å². The molecule has 61 heavy (non-hydrogen) atoms. The number of quaternary nitrogens is 3. The lowest BCUT2D eigenvalue weighted by molar-refractivity contribution is -0.870. The lowest BCUT2D eigenvalue weighted by Gasteiger charge is -2.43. The van der Waals surface area contributed by atoms with E-state index in [0.29, 0.717) is 8.97 Å². The normalized spacial score (nSPS) is 10.6. The maximum Gasteiger partial charge on any atom is 0.151 e. The predicted molar refractivity (Wildman–Crippen MR) is 248 cm³/mol. The summed E-state index contributed by atoms with van der Waals surface area (Å²) in [6.45, 7) is 8.80. The van der Waals surface area contributed by atoms with Gasteiger partial charge < -0.3 is 4.48 Å². The topological polar surface area (TPSA) is 9.72 Å². The van der Waals surface area contributed by atoms with E-state index in [1.807, 2.05) is 0 Å². The SMILES string of the molecule is C#CC#CC#CC#CC#CC#CC#CC#CC#C[N+](C)(C)CCCN1CN(CCC[N+](C)(C)C)CN(CCC[N+](C)(C)C#CC#CC#CC#CC#CC#CC#CC#CC#C)C1. The third-order valence-electron chi connectivity index (χ3n) is 7.50. The van der Waals surface area contributed by atoms with Crippen molar-refractivity contribution in [2.24, 2.45) is 0 Å². The highest BCUT2D eigenvalue weighted by Gasteiger charge is 2.25. The van der Waals surface area contributed by atoms with Crippen molar-refractivity contribution in [2.75, 3.05) is 109 Å². The zero-order valence-corrected chi connectivity index (χ0v) is 36.3. The second-order valence-corrected chi connectivity index (χ2v) is 14.8. The molecule has 0 N–H and O–H groups in total. The molecule has 0 aromatic rings. The predicted octanol–water partition coefficient (Wildman–Crippen LogP) is 1.04. The van der Waals surface area contributed by atoms with Gasteiger partial charge in [-0.15, -0.1) is 12.8 Å². The molecule has 1 saturated heterocycles. The first kappa shape index (κ1) is 50.9. The molecule has 1 aliphatic rings. The zero-order chi connectivity index (χ0) is 44.8. The Balaban J connectivity index is 2.72. The first-order chi connectivity index (χ1) is 29.4. The summed E-state index contributed by atoms with van der Waals surface area (Å²) in [7, 11) is 15.1. The summed E-state index contributed by atoms with van der Waals surface area (Å²) in [5, 5.41) is 0. The van der Waals surface area contributed by atoms with E-state index in [0.717, 1.165) is 83.0 Å². The van der Waals surface area contributed by atoms with Crippen LogP contribution >= 0.6 is 0 Å². The Morgan fingerprint density at radius 3 is 0.754 bits per heavy atom. The fourth-order valence-corrected chi connectivity index (χ4v) is 4.91. The van der Waals surface area contributed by atoms with E-state index in [9.17, 15) is 0 Å². The Labute approximate surface area is 369 Å². The molecule has 294 valence electrons. The summed E-state index contributed by atoms with van der Waals surface area (Å²) in [5.41, 5.74) is 0. The Kier molecular flexibility index (Phi) is 26.6.